The fraction of sp³-hybridized carbons (Fsp3) is 0.391. The second-order valence-electron chi connectivity index (χ2n) is 6.69. The Labute approximate surface area is 171 Å². The molecular weight excluding hydrogens is 370 g/mol. The molecule has 0 aliphatic carbocycles. The lowest BCUT2D eigenvalue weighted by atomic mass is 9.90. The first-order valence-electron chi connectivity index (χ1n) is 9.96. The summed E-state index contributed by atoms with van der Waals surface area (Å²) in [6.07, 6.45) is 0.439. The number of esters is 1. The zero-order chi connectivity index (χ0) is 20.9. The van der Waals surface area contributed by atoms with Crippen LogP contribution in [0.5, 0.6) is 0 Å². The third kappa shape index (κ3) is 7.95. The van der Waals surface area contributed by atoms with Gasteiger partial charge in [0.2, 0.25) is 0 Å². The highest BCUT2D eigenvalue weighted by Crippen LogP contribution is 2.24. The Balaban J connectivity index is 1.70. The molecule has 2 unspecified atom stereocenters. The summed E-state index contributed by atoms with van der Waals surface area (Å²) in [4.78, 5) is 24.0. The van der Waals surface area contributed by atoms with Crippen LogP contribution in [0.4, 0.5) is 4.79 Å². The molecule has 0 radical (unpaired) electrons. The number of alkyl carbamates (subject to hydrolysis) is 1. The van der Waals surface area contributed by atoms with Gasteiger partial charge in [-0.25, -0.2) is 4.79 Å². The second-order valence-corrected chi connectivity index (χ2v) is 6.69. The summed E-state index contributed by atoms with van der Waals surface area (Å²) in [5.74, 6) is -1.13. The van der Waals surface area contributed by atoms with E-state index in [1.54, 1.807) is 6.92 Å². The standard InChI is InChI=1S/C23H29NO5/c1-2-28-22(26)21(19-13-7-4-8-14-19)20(25)15-9-10-16-24-23(27)29-17-18-11-5-3-6-12-18/h3-8,11-14,20-21,25H,2,9-10,15-17H2,1H3,(H,24,27). The molecule has 2 N–H and O–H groups in total. The van der Waals surface area contributed by atoms with Crippen LogP contribution in [0.2, 0.25) is 0 Å². The normalized spacial score (nSPS) is 12.6. The molecule has 29 heavy (non-hydrogen) atoms. The van der Waals surface area contributed by atoms with E-state index in [0.717, 1.165) is 11.1 Å². The van der Waals surface area contributed by atoms with Gasteiger partial charge in [0, 0.05) is 6.54 Å². The molecule has 156 valence electrons. The maximum absolute atomic E-state index is 12.3. The smallest absolute Gasteiger partial charge is 0.407 e. The lowest BCUT2D eigenvalue weighted by Crippen LogP contribution is -2.29. The fourth-order valence-corrected chi connectivity index (χ4v) is 3.02. The number of rotatable bonds is 11. The summed E-state index contributed by atoms with van der Waals surface area (Å²) in [5, 5.41) is 13.3. The second kappa shape index (κ2) is 12.6. The van der Waals surface area contributed by atoms with E-state index in [4.69, 9.17) is 9.47 Å². The third-order valence-corrected chi connectivity index (χ3v) is 4.49. The number of amides is 1. The van der Waals surface area contributed by atoms with Crippen molar-refractivity contribution in [2.75, 3.05) is 13.2 Å². The molecule has 0 saturated heterocycles. The lowest BCUT2D eigenvalue weighted by molar-refractivity contribution is -0.148. The van der Waals surface area contributed by atoms with Crippen LogP contribution in [0.15, 0.2) is 60.7 Å². The van der Waals surface area contributed by atoms with Crippen LogP contribution >= 0.6 is 0 Å². The molecule has 2 aromatic carbocycles. The van der Waals surface area contributed by atoms with E-state index in [0.29, 0.717) is 25.8 Å². The van der Waals surface area contributed by atoms with Gasteiger partial charge in [-0.2, -0.15) is 0 Å². The number of ether oxygens (including phenoxy) is 2. The van der Waals surface area contributed by atoms with Crippen LogP contribution in [0, 0.1) is 0 Å². The van der Waals surface area contributed by atoms with Gasteiger partial charge in [-0.1, -0.05) is 60.7 Å². The monoisotopic (exact) mass is 399 g/mol. The number of aliphatic hydroxyl groups excluding tert-OH is 1. The maximum atomic E-state index is 12.3. The van der Waals surface area contributed by atoms with Gasteiger partial charge in [0.05, 0.1) is 12.7 Å². The number of benzene rings is 2. The molecule has 6 nitrogen and oxygen atoms in total. The molecular formula is C23H29NO5. The van der Waals surface area contributed by atoms with Crippen molar-refractivity contribution in [2.24, 2.45) is 0 Å². The van der Waals surface area contributed by atoms with Crippen molar-refractivity contribution in [1.29, 1.82) is 0 Å². The van der Waals surface area contributed by atoms with Crippen molar-refractivity contribution in [3.05, 3.63) is 71.8 Å². The first-order valence-corrected chi connectivity index (χ1v) is 9.96. The number of aliphatic hydroxyl groups is 1. The highest BCUT2D eigenvalue weighted by molar-refractivity contribution is 5.79. The molecule has 0 aliphatic heterocycles. The zero-order valence-corrected chi connectivity index (χ0v) is 16.8. The van der Waals surface area contributed by atoms with Gasteiger partial charge in [-0.15, -0.1) is 0 Å². The van der Waals surface area contributed by atoms with Crippen LogP contribution in [-0.4, -0.2) is 36.4 Å². The van der Waals surface area contributed by atoms with Gasteiger partial charge < -0.3 is 19.9 Å². The van der Waals surface area contributed by atoms with Gasteiger partial charge in [-0.05, 0) is 37.3 Å². The van der Waals surface area contributed by atoms with Crippen molar-refractivity contribution >= 4 is 12.1 Å². The highest BCUT2D eigenvalue weighted by Gasteiger charge is 2.29. The summed E-state index contributed by atoms with van der Waals surface area (Å²) in [6, 6.07) is 18.6. The minimum Gasteiger partial charge on any atom is -0.465 e. The topological polar surface area (TPSA) is 84.9 Å². The van der Waals surface area contributed by atoms with Crippen molar-refractivity contribution in [1.82, 2.24) is 5.32 Å². The van der Waals surface area contributed by atoms with E-state index in [-0.39, 0.29) is 13.2 Å². The van der Waals surface area contributed by atoms with Crippen molar-refractivity contribution in [2.45, 2.75) is 44.8 Å². The van der Waals surface area contributed by atoms with Crippen molar-refractivity contribution < 1.29 is 24.2 Å². The summed E-state index contributed by atoms with van der Waals surface area (Å²) >= 11 is 0. The molecule has 2 aromatic rings. The highest BCUT2D eigenvalue weighted by atomic mass is 16.5. The molecule has 0 saturated carbocycles. The van der Waals surface area contributed by atoms with E-state index in [1.165, 1.54) is 0 Å². The summed E-state index contributed by atoms with van der Waals surface area (Å²) in [7, 11) is 0. The number of nitrogens with one attached hydrogen (secondary N) is 1. The number of hydrogen-bond donors (Lipinski definition) is 2. The van der Waals surface area contributed by atoms with Gasteiger partial charge >= 0.3 is 12.1 Å². The Bertz CT molecular complexity index is 735. The molecule has 0 spiro atoms. The molecule has 0 aromatic heterocycles. The first kappa shape index (κ1) is 22.4. The molecule has 1 amide bonds. The Kier molecular flexibility index (Phi) is 9.72. The Morgan fingerprint density at radius 2 is 1.62 bits per heavy atom. The van der Waals surface area contributed by atoms with E-state index in [2.05, 4.69) is 5.32 Å². The van der Waals surface area contributed by atoms with Crippen molar-refractivity contribution in [3.63, 3.8) is 0 Å². The zero-order valence-electron chi connectivity index (χ0n) is 16.8. The predicted octanol–water partition coefficient (Wildman–Crippen LogP) is 3.79. The number of hydrogen-bond acceptors (Lipinski definition) is 5. The number of unbranched alkanes of at least 4 members (excludes halogenated alkanes) is 1. The van der Waals surface area contributed by atoms with E-state index < -0.39 is 24.1 Å². The van der Waals surface area contributed by atoms with Gasteiger partial charge in [-0.3, -0.25) is 4.79 Å². The van der Waals surface area contributed by atoms with Crippen LogP contribution in [0.3, 0.4) is 0 Å². The molecule has 0 bridgehead atoms. The van der Waals surface area contributed by atoms with E-state index >= 15 is 0 Å². The first-order chi connectivity index (χ1) is 14.1. The Morgan fingerprint density at radius 3 is 2.28 bits per heavy atom. The van der Waals surface area contributed by atoms with Crippen LogP contribution in [0.1, 0.15) is 43.2 Å². The minimum atomic E-state index is -0.846. The van der Waals surface area contributed by atoms with E-state index in [9.17, 15) is 14.7 Å². The maximum Gasteiger partial charge on any atom is 0.407 e. The van der Waals surface area contributed by atoms with Crippen molar-refractivity contribution in [3.8, 4) is 0 Å². The SMILES string of the molecule is CCOC(=O)C(c1ccccc1)C(O)CCCCNC(=O)OCc1ccccc1. The molecule has 2 rings (SSSR count). The van der Waals surface area contributed by atoms with Crippen LogP contribution in [0.25, 0.3) is 0 Å². The molecule has 0 heterocycles. The average molecular weight is 399 g/mol. The summed E-state index contributed by atoms with van der Waals surface area (Å²) in [6.45, 7) is 2.68. The predicted molar refractivity (Wildman–Crippen MR) is 110 cm³/mol. The third-order valence-electron chi connectivity index (χ3n) is 4.49. The number of carbonyl (C=O) groups excluding carboxylic acids is 2. The largest absolute Gasteiger partial charge is 0.465 e. The molecule has 0 aliphatic rings. The summed E-state index contributed by atoms with van der Waals surface area (Å²) in [5.41, 5.74) is 1.66. The van der Waals surface area contributed by atoms with Crippen LogP contribution < -0.4 is 5.32 Å². The van der Waals surface area contributed by atoms with Gasteiger partial charge in [0.15, 0.2) is 0 Å². The number of carbonyl (C=O) groups is 2. The summed E-state index contributed by atoms with van der Waals surface area (Å²) < 4.78 is 10.3. The molecule has 2 atom stereocenters. The quantitative estimate of drug-likeness (QED) is 0.444. The van der Waals surface area contributed by atoms with E-state index in [1.807, 2.05) is 60.7 Å². The Morgan fingerprint density at radius 1 is 0.966 bits per heavy atom. The molecule has 0 fully saturated rings. The molecule has 6 heteroatoms. The van der Waals surface area contributed by atoms with Gasteiger partial charge in [0.1, 0.15) is 12.5 Å². The minimum absolute atomic E-state index is 0.226. The van der Waals surface area contributed by atoms with Gasteiger partial charge in [0.25, 0.3) is 0 Å². The lowest BCUT2D eigenvalue weighted by Gasteiger charge is -2.21. The van der Waals surface area contributed by atoms with Crippen LogP contribution in [-0.2, 0) is 20.9 Å². The average Bonchev–Trinajstić information content (AvgIpc) is 2.74. The fourth-order valence-electron chi connectivity index (χ4n) is 3.02. The Hall–Kier alpha value is -2.86.